The molecule has 1 atom stereocenters. The van der Waals surface area contributed by atoms with Crippen molar-refractivity contribution < 1.29 is 0 Å². The summed E-state index contributed by atoms with van der Waals surface area (Å²) in [4.78, 5) is 0. The second-order valence-electron chi connectivity index (χ2n) is 7.15. The molecule has 0 saturated carbocycles. The molecule has 0 nitrogen and oxygen atoms in total. The molecule has 0 radical (unpaired) electrons. The van der Waals surface area contributed by atoms with Gasteiger partial charge in [-0.15, -0.1) is 0 Å². The quantitative estimate of drug-likeness (QED) is 0.151. The summed E-state index contributed by atoms with van der Waals surface area (Å²) in [6.07, 6.45) is 2.16. The molecule has 0 aliphatic rings. The fourth-order valence-corrected chi connectivity index (χ4v) is 12.4. The van der Waals surface area contributed by atoms with Crippen LogP contribution >= 0.6 is 55.2 Å². The van der Waals surface area contributed by atoms with Crippen LogP contribution in [0, 0.1) is 0 Å². The van der Waals surface area contributed by atoms with Gasteiger partial charge in [-0.2, -0.15) is 0 Å². The van der Waals surface area contributed by atoms with Crippen LogP contribution in [0.15, 0.2) is 121 Å². The molecule has 154 valence electrons. The van der Waals surface area contributed by atoms with Gasteiger partial charge in [0.1, 0.15) is 0 Å². The van der Waals surface area contributed by atoms with Crippen molar-refractivity contribution in [3.05, 3.63) is 127 Å². The molecule has 4 rings (SSSR count). The summed E-state index contributed by atoms with van der Waals surface area (Å²) < 4.78 is -2.65. The van der Waals surface area contributed by atoms with Gasteiger partial charge in [-0.25, -0.2) is 0 Å². The number of hydrogen-bond acceptors (Lipinski definition) is 0. The van der Waals surface area contributed by atoms with E-state index < -0.39 is 4.25 Å². The minimum atomic E-state index is -2.65. The molecule has 0 aliphatic heterocycles. The molecule has 0 fully saturated rings. The molecular weight excluding hydrogens is 628 g/mol. The smallest absolute Gasteiger partial charge is 0.0610 e. The monoisotopic (exact) mass is 654 g/mol. The Morgan fingerprint density at radius 1 is 0.500 bits per heavy atom. The van der Waals surface area contributed by atoms with Crippen LogP contribution in [-0.4, -0.2) is 6.16 Å². The van der Waals surface area contributed by atoms with Crippen LogP contribution < -0.4 is 15.9 Å². The van der Waals surface area contributed by atoms with Crippen molar-refractivity contribution in [2.75, 3.05) is 6.16 Å². The van der Waals surface area contributed by atoms with Gasteiger partial charge in [0.05, 0.1) is 0 Å². The Morgan fingerprint density at radius 2 is 0.800 bits per heavy atom. The number of hydrogen-bond donors (Lipinski definition) is 0. The minimum Gasteiger partial charge on any atom is -0.0702 e. The van der Waals surface area contributed by atoms with Gasteiger partial charge in [0.2, 0.25) is 0 Å². The van der Waals surface area contributed by atoms with E-state index in [1.54, 1.807) is 0 Å². The van der Waals surface area contributed by atoms with Gasteiger partial charge in [0, 0.05) is 0 Å². The zero-order valence-corrected chi connectivity index (χ0v) is 23.1. The van der Waals surface area contributed by atoms with E-state index >= 15 is 0 Å². The van der Waals surface area contributed by atoms with E-state index in [9.17, 15) is 0 Å². The van der Waals surface area contributed by atoms with Crippen LogP contribution in [0.3, 0.4) is 0 Å². The Labute approximate surface area is 209 Å². The number of benzene rings is 4. The summed E-state index contributed by atoms with van der Waals surface area (Å²) in [5, 5.41) is 4.34. The first kappa shape index (κ1) is 23.9. The Bertz CT molecular complexity index is 924. The molecule has 0 heterocycles. The zero-order valence-electron chi connectivity index (χ0n) is 16.7. The predicted molar refractivity (Wildman–Crippen MR) is 158 cm³/mol. The topological polar surface area (TPSA) is 0 Å². The Balaban J connectivity index is 0.00000124. The molecule has 0 amide bonds. The van der Waals surface area contributed by atoms with Crippen molar-refractivity contribution in [1.82, 2.24) is 0 Å². The second kappa shape index (κ2) is 11.2. The van der Waals surface area contributed by atoms with E-state index in [1.165, 1.54) is 21.5 Å². The van der Waals surface area contributed by atoms with E-state index in [0.29, 0.717) is 0 Å². The van der Waals surface area contributed by atoms with Crippen LogP contribution in [0.25, 0.3) is 0 Å². The maximum Gasteiger partial charge on any atom is -0.0610 e. The van der Waals surface area contributed by atoms with Crippen LogP contribution in [0.2, 0.25) is 0 Å². The third-order valence-corrected chi connectivity index (χ3v) is 17.2. The van der Waals surface area contributed by atoms with Crippen molar-refractivity contribution in [3.8, 4) is 0 Å². The standard InChI is InChI=1S/C26H24IP.H2IP/c27-28(24-15-7-2-8-16-24,25-17-9-3-10-18-25,26-19-11-4-12-20-26)22-21-23-13-5-1-6-14-23;1-2/h1-20H,21-22H2;2H2. The largest absolute Gasteiger partial charge is 0.0702 e. The molecule has 0 saturated heterocycles. The van der Waals surface area contributed by atoms with Gasteiger partial charge in [0.15, 0.2) is 0 Å². The van der Waals surface area contributed by atoms with Crippen molar-refractivity contribution in [2.24, 2.45) is 0 Å². The van der Waals surface area contributed by atoms with Crippen molar-refractivity contribution in [3.63, 3.8) is 0 Å². The maximum absolute atomic E-state index is 2.86. The average molecular weight is 654 g/mol. The minimum absolute atomic E-state index is 1.06. The van der Waals surface area contributed by atoms with Gasteiger partial charge in [-0.3, -0.25) is 0 Å². The first-order valence-electron chi connectivity index (χ1n) is 9.87. The summed E-state index contributed by atoms with van der Waals surface area (Å²) in [6.45, 7) is 2.39. The zero-order chi connectivity index (χ0) is 21.3. The summed E-state index contributed by atoms with van der Waals surface area (Å²) in [5.74, 6) is 0. The van der Waals surface area contributed by atoms with Crippen LogP contribution in [-0.2, 0) is 6.42 Å². The van der Waals surface area contributed by atoms with Gasteiger partial charge in [0.25, 0.3) is 0 Å². The maximum atomic E-state index is 2.86. The Hall–Kier alpha value is -0.800. The predicted octanol–water partition coefficient (Wildman–Crippen LogP) is 7.32. The van der Waals surface area contributed by atoms with Gasteiger partial charge in [-0.1, -0.05) is 28.9 Å². The normalized spacial score (nSPS) is 12.2. The second-order valence-corrected chi connectivity index (χ2v) is 17.9. The Morgan fingerprint density at radius 3 is 1.13 bits per heavy atom. The summed E-state index contributed by atoms with van der Waals surface area (Å²) >= 11 is 4.93. The first-order valence-corrected chi connectivity index (χ1v) is 19.3. The molecule has 4 aromatic carbocycles. The van der Waals surface area contributed by atoms with E-state index in [2.05, 4.69) is 172 Å². The molecule has 0 aliphatic carbocycles. The van der Waals surface area contributed by atoms with Gasteiger partial charge >= 0.3 is 182 Å². The van der Waals surface area contributed by atoms with Crippen LogP contribution in [0.5, 0.6) is 0 Å². The van der Waals surface area contributed by atoms with Gasteiger partial charge in [-0.05, 0) is 0 Å². The number of aryl methyl sites for hydroxylation is 1. The summed E-state index contributed by atoms with van der Waals surface area (Å²) in [5.41, 5.74) is 1.40. The summed E-state index contributed by atoms with van der Waals surface area (Å²) in [6, 6.07) is 44.3. The fourth-order valence-electron chi connectivity index (χ4n) is 4.03. The third-order valence-electron chi connectivity index (χ3n) is 5.55. The molecule has 0 bridgehead atoms. The SMILES string of the molecule is IP(CCc1ccccc1)(c1ccccc1)(c1ccccc1)c1ccccc1.PI. The van der Waals surface area contributed by atoms with Crippen LogP contribution in [0.1, 0.15) is 5.56 Å². The first-order chi connectivity index (χ1) is 14.7. The number of halogens is 2. The van der Waals surface area contributed by atoms with Crippen molar-refractivity contribution in [2.45, 2.75) is 6.42 Å². The molecule has 4 heteroatoms. The molecule has 0 spiro atoms. The number of rotatable bonds is 6. The van der Waals surface area contributed by atoms with Crippen molar-refractivity contribution in [1.29, 1.82) is 0 Å². The van der Waals surface area contributed by atoms with E-state index in [1.807, 2.05) is 0 Å². The molecular formula is C26H26I2P2. The van der Waals surface area contributed by atoms with Gasteiger partial charge < -0.3 is 0 Å². The summed E-state index contributed by atoms with van der Waals surface area (Å²) in [7, 11) is 0. The van der Waals surface area contributed by atoms with E-state index in [4.69, 9.17) is 0 Å². The fraction of sp³-hybridized carbons (Fsp3) is 0.0769. The average Bonchev–Trinajstić information content (AvgIpc) is 2.86. The molecule has 30 heavy (non-hydrogen) atoms. The third kappa shape index (κ3) is 4.83. The molecule has 0 aromatic heterocycles. The van der Waals surface area contributed by atoms with Crippen LogP contribution in [0.4, 0.5) is 0 Å². The van der Waals surface area contributed by atoms with E-state index in [-0.39, 0.29) is 0 Å². The molecule has 1 unspecified atom stereocenters. The Kier molecular flexibility index (Phi) is 8.89. The molecule has 0 N–H and O–H groups in total. The van der Waals surface area contributed by atoms with Crippen molar-refractivity contribution >= 4 is 71.1 Å². The molecule has 4 aromatic rings. The van der Waals surface area contributed by atoms with E-state index in [0.717, 1.165) is 12.6 Å².